The molecule has 0 fully saturated rings. The quantitative estimate of drug-likeness (QED) is 0.778. The van der Waals surface area contributed by atoms with Crippen molar-refractivity contribution in [3.8, 4) is 17.6 Å². The van der Waals surface area contributed by atoms with Crippen molar-refractivity contribution in [2.45, 2.75) is 0 Å². The minimum absolute atomic E-state index is 0.0451. The zero-order valence-electron chi connectivity index (χ0n) is 9.45. The van der Waals surface area contributed by atoms with E-state index in [4.69, 9.17) is 10.00 Å². The summed E-state index contributed by atoms with van der Waals surface area (Å²) in [5.41, 5.74) is 0.628. The molecule has 7 heteroatoms. The number of hydrogen-bond donors (Lipinski definition) is 2. The molecule has 1 aromatic carbocycles. The molecular weight excluding hydrogens is 234 g/mol. The second-order valence-corrected chi connectivity index (χ2v) is 3.30. The summed E-state index contributed by atoms with van der Waals surface area (Å²) >= 11 is 0. The number of hydrogen-bond acceptors (Lipinski definition) is 6. The van der Waals surface area contributed by atoms with Crippen LogP contribution in [0.4, 0.5) is 0 Å². The Kier molecular flexibility index (Phi) is 3.20. The molecular formula is C11H9N5O2. The van der Waals surface area contributed by atoms with Gasteiger partial charge in [0.25, 0.3) is 0 Å². The third-order valence-electron chi connectivity index (χ3n) is 2.26. The van der Waals surface area contributed by atoms with Gasteiger partial charge < -0.3 is 9.84 Å². The van der Waals surface area contributed by atoms with Gasteiger partial charge in [0.1, 0.15) is 11.6 Å². The van der Waals surface area contributed by atoms with Crippen molar-refractivity contribution >= 4 is 11.6 Å². The zero-order valence-corrected chi connectivity index (χ0v) is 9.45. The first kappa shape index (κ1) is 11.6. The summed E-state index contributed by atoms with van der Waals surface area (Å²) in [5, 5.41) is 32.0. The Morgan fingerprint density at radius 3 is 3.00 bits per heavy atom. The lowest BCUT2D eigenvalue weighted by atomic mass is 10.1. The van der Waals surface area contributed by atoms with Crippen LogP contribution in [-0.2, 0) is 0 Å². The molecule has 2 aromatic rings. The van der Waals surface area contributed by atoms with E-state index in [-0.39, 0.29) is 17.1 Å². The highest BCUT2D eigenvalue weighted by atomic mass is 16.5. The smallest absolute Gasteiger partial charge is 0.215 e. The molecule has 0 spiro atoms. The molecule has 7 nitrogen and oxygen atoms in total. The van der Waals surface area contributed by atoms with Gasteiger partial charge in [-0.2, -0.15) is 10.5 Å². The number of ether oxygens (including phenoxy) is 1. The number of aromatic nitrogens is 4. The Balaban J connectivity index is 2.47. The van der Waals surface area contributed by atoms with Crippen molar-refractivity contribution in [2.24, 2.45) is 0 Å². The molecule has 1 heterocycles. The number of nitriles is 1. The van der Waals surface area contributed by atoms with Crippen LogP contribution >= 0.6 is 0 Å². The SMILES string of the molecule is COc1cccc(C=C(C#N)c2nn[nH]n2)c1O. The van der Waals surface area contributed by atoms with Crippen molar-refractivity contribution in [3.05, 3.63) is 29.6 Å². The molecule has 0 saturated heterocycles. The molecule has 2 rings (SSSR count). The molecule has 0 aliphatic rings. The predicted octanol–water partition coefficient (Wildman–Crippen LogP) is 0.978. The highest BCUT2D eigenvalue weighted by molar-refractivity contribution is 5.88. The summed E-state index contributed by atoms with van der Waals surface area (Å²) in [6, 6.07) is 6.91. The van der Waals surface area contributed by atoms with Gasteiger partial charge in [0.2, 0.25) is 5.82 Å². The van der Waals surface area contributed by atoms with Gasteiger partial charge in [0, 0.05) is 5.56 Å². The molecule has 0 aliphatic heterocycles. The van der Waals surface area contributed by atoms with Gasteiger partial charge in [-0.15, -0.1) is 10.2 Å². The van der Waals surface area contributed by atoms with Crippen molar-refractivity contribution < 1.29 is 9.84 Å². The third-order valence-corrected chi connectivity index (χ3v) is 2.26. The maximum Gasteiger partial charge on any atom is 0.215 e. The van der Waals surface area contributed by atoms with Gasteiger partial charge in [0.15, 0.2) is 11.5 Å². The second kappa shape index (κ2) is 4.97. The maximum atomic E-state index is 9.89. The van der Waals surface area contributed by atoms with Crippen LogP contribution in [0.1, 0.15) is 11.4 Å². The fourth-order valence-electron chi connectivity index (χ4n) is 1.40. The van der Waals surface area contributed by atoms with Crippen LogP contribution in [0.3, 0.4) is 0 Å². The van der Waals surface area contributed by atoms with Crippen molar-refractivity contribution in [2.75, 3.05) is 7.11 Å². The summed E-state index contributed by atoms with van der Waals surface area (Å²) in [5.74, 6) is 0.449. The van der Waals surface area contributed by atoms with E-state index in [2.05, 4.69) is 20.6 Å². The van der Waals surface area contributed by atoms with Crippen LogP contribution in [0.15, 0.2) is 18.2 Å². The van der Waals surface area contributed by atoms with E-state index in [1.54, 1.807) is 18.2 Å². The standard InChI is InChI=1S/C11H9N5O2/c1-18-9-4-2-3-7(10(9)17)5-8(6-12)11-13-15-16-14-11/h2-5,17H,1H3,(H,13,14,15,16). The highest BCUT2D eigenvalue weighted by Gasteiger charge is 2.10. The number of aromatic amines is 1. The topological polar surface area (TPSA) is 108 Å². The van der Waals surface area contributed by atoms with Gasteiger partial charge in [-0.25, -0.2) is 0 Å². The van der Waals surface area contributed by atoms with E-state index in [9.17, 15) is 5.11 Å². The minimum Gasteiger partial charge on any atom is -0.504 e. The number of aromatic hydroxyl groups is 1. The number of nitrogens with zero attached hydrogens (tertiary/aromatic N) is 4. The normalized spacial score (nSPS) is 11.0. The van der Waals surface area contributed by atoms with Crippen LogP contribution in [-0.4, -0.2) is 32.8 Å². The largest absolute Gasteiger partial charge is 0.504 e. The average molecular weight is 243 g/mol. The average Bonchev–Trinajstić information content (AvgIpc) is 2.91. The lowest BCUT2D eigenvalue weighted by molar-refractivity contribution is 0.373. The Bertz CT molecular complexity index is 613. The molecule has 0 amide bonds. The molecule has 18 heavy (non-hydrogen) atoms. The van der Waals surface area contributed by atoms with Crippen molar-refractivity contribution in [1.82, 2.24) is 20.6 Å². The summed E-state index contributed by atoms with van der Waals surface area (Å²) in [6.07, 6.45) is 1.46. The first-order valence-corrected chi connectivity index (χ1v) is 4.98. The van der Waals surface area contributed by atoms with Gasteiger partial charge in [-0.1, -0.05) is 12.1 Å². The fraction of sp³-hybridized carbons (Fsp3) is 0.0909. The van der Waals surface area contributed by atoms with E-state index in [0.29, 0.717) is 11.3 Å². The molecule has 0 aliphatic carbocycles. The Hall–Kier alpha value is -2.88. The molecule has 90 valence electrons. The highest BCUT2D eigenvalue weighted by Crippen LogP contribution is 2.31. The molecule has 2 N–H and O–H groups in total. The van der Waals surface area contributed by atoms with E-state index in [1.165, 1.54) is 13.2 Å². The maximum absolute atomic E-state index is 9.89. The van der Waals surface area contributed by atoms with Gasteiger partial charge in [0.05, 0.1) is 7.11 Å². The predicted molar refractivity (Wildman–Crippen MR) is 62.3 cm³/mol. The lowest BCUT2D eigenvalue weighted by Crippen LogP contribution is -1.88. The molecule has 0 radical (unpaired) electrons. The number of rotatable bonds is 3. The fourth-order valence-corrected chi connectivity index (χ4v) is 1.40. The molecule has 0 atom stereocenters. The molecule has 0 bridgehead atoms. The number of benzene rings is 1. The number of methoxy groups -OCH3 is 1. The van der Waals surface area contributed by atoms with Crippen LogP contribution in [0, 0.1) is 11.3 Å². The third kappa shape index (κ3) is 2.12. The van der Waals surface area contributed by atoms with E-state index < -0.39 is 0 Å². The van der Waals surface area contributed by atoms with Gasteiger partial charge in [-0.05, 0) is 17.4 Å². The number of H-pyrrole nitrogens is 1. The summed E-state index contributed by atoms with van der Waals surface area (Å²) in [6.45, 7) is 0. The van der Waals surface area contributed by atoms with Crippen LogP contribution < -0.4 is 4.74 Å². The Labute approximate surface area is 102 Å². The molecule has 1 aromatic heterocycles. The number of tetrazole rings is 1. The first-order chi connectivity index (χ1) is 8.76. The number of phenols is 1. The van der Waals surface area contributed by atoms with Crippen LogP contribution in [0.5, 0.6) is 11.5 Å². The zero-order chi connectivity index (χ0) is 13.0. The van der Waals surface area contributed by atoms with Crippen molar-refractivity contribution in [1.29, 1.82) is 5.26 Å². The molecule has 0 unspecified atom stereocenters. The molecule has 0 saturated carbocycles. The number of allylic oxidation sites excluding steroid dienone is 1. The van der Waals surface area contributed by atoms with Crippen LogP contribution in [0.25, 0.3) is 11.6 Å². The van der Waals surface area contributed by atoms with Gasteiger partial charge >= 0.3 is 0 Å². The summed E-state index contributed by atoms with van der Waals surface area (Å²) < 4.78 is 4.98. The lowest BCUT2D eigenvalue weighted by Gasteiger charge is -2.05. The van der Waals surface area contributed by atoms with Crippen LogP contribution in [0.2, 0.25) is 0 Å². The monoisotopic (exact) mass is 243 g/mol. The van der Waals surface area contributed by atoms with Crippen molar-refractivity contribution in [3.63, 3.8) is 0 Å². The van der Waals surface area contributed by atoms with E-state index in [0.717, 1.165) is 0 Å². The first-order valence-electron chi connectivity index (χ1n) is 4.98. The second-order valence-electron chi connectivity index (χ2n) is 3.30. The number of phenolic OH excluding ortho intramolecular Hbond substituents is 1. The van der Waals surface area contributed by atoms with E-state index >= 15 is 0 Å². The Morgan fingerprint density at radius 2 is 2.39 bits per heavy atom. The minimum atomic E-state index is -0.0451. The number of para-hydroxylation sites is 1. The van der Waals surface area contributed by atoms with E-state index in [1.807, 2.05) is 6.07 Å². The summed E-state index contributed by atoms with van der Waals surface area (Å²) in [7, 11) is 1.45. The van der Waals surface area contributed by atoms with Gasteiger partial charge in [-0.3, -0.25) is 0 Å². The summed E-state index contributed by atoms with van der Waals surface area (Å²) in [4.78, 5) is 0. The number of nitrogens with one attached hydrogen (secondary N) is 1. The Morgan fingerprint density at radius 1 is 1.56 bits per heavy atom.